The van der Waals surface area contributed by atoms with Crippen LogP contribution in [0.1, 0.15) is 19.2 Å². The van der Waals surface area contributed by atoms with Gasteiger partial charge in [0.05, 0.1) is 16.6 Å². The molecule has 0 unspecified atom stereocenters. The van der Waals surface area contributed by atoms with E-state index in [1.807, 2.05) is 6.92 Å². The van der Waals surface area contributed by atoms with E-state index in [0.717, 1.165) is 42.9 Å². The van der Waals surface area contributed by atoms with Crippen molar-refractivity contribution in [1.82, 2.24) is 14.1 Å². The average molecular weight is 343 g/mol. The van der Waals surface area contributed by atoms with Gasteiger partial charge in [0.15, 0.2) is 0 Å². The molecule has 2 heterocycles. The Morgan fingerprint density at radius 3 is 2.87 bits per heavy atom. The van der Waals surface area contributed by atoms with Crippen molar-refractivity contribution in [2.75, 3.05) is 5.75 Å². The minimum atomic E-state index is 0. The van der Waals surface area contributed by atoms with Gasteiger partial charge in [0.1, 0.15) is 5.82 Å². The summed E-state index contributed by atoms with van der Waals surface area (Å²) in [5.74, 6) is 1.75. The molecule has 0 amide bonds. The molecule has 0 aliphatic rings. The standard InChI is InChI=1S/C15H19N3O3S.Na/c1-3-18-11(2)16-13-9-12-5-7-17(14(12)10-15(13)18)6-4-8-22-21-20-19;/h5,7,9-10,19H,3-4,6,8H2,1-2H3;/q;+1/p-1. The van der Waals surface area contributed by atoms with Crippen molar-refractivity contribution in [1.29, 1.82) is 0 Å². The van der Waals surface area contributed by atoms with Gasteiger partial charge in [-0.1, -0.05) is 0 Å². The summed E-state index contributed by atoms with van der Waals surface area (Å²) in [6.45, 7) is 5.95. The van der Waals surface area contributed by atoms with Crippen molar-refractivity contribution < 1.29 is 44.2 Å². The summed E-state index contributed by atoms with van der Waals surface area (Å²) in [4.78, 5) is 4.63. The van der Waals surface area contributed by atoms with Gasteiger partial charge in [-0.3, -0.25) is 5.04 Å². The van der Waals surface area contributed by atoms with E-state index in [0.29, 0.717) is 5.75 Å². The van der Waals surface area contributed by atoms with Crippen LogP contribution in [-0.4, -0.2) is 19.9 Å². The van der Waals surface area contributed by atoms with Crippen LogP contribution < -0.4 is 34.8 Å². The molecule has 0 fully saturated rings. The smallest absolute Gasteiger partial charge is 0.691 e. The number of aryl methyl sites for hydroxylation is 3. The summed E-state index contributed by atoms with van der Waals surface area (Å²) in [6, 6.07) is 6.46. The third-order valence-corrected chi connectivity index (χ3v) is 4.46. The first-order valence-corrected chi connectivity index (χ1v) is 8.19. The topological polar surface area (TPSA) is 64.3 Å². The second-order valence-corrected chi connectivity index (χ2v) is 5.90. The van der Waals surface area contributed by atoms with Crippen LogP contribution in [0, 0.1) is 6.92 Å². The summed E-state index contributed by atoms with van der Waals surface area (Å²) >= 11 is 1.03. The number of fused-ring (bicyclic) bond motifs is 2. The Hall–Kier alpha value is -0.540. The van der Waals surface area contributed by atoms with E-state index < -0.39 is 0 Å². The molecule has 0 saturated carbocycles. The fraction of sp³-hybridized carbons (Fsp3) is 0.400. The molecule has 0 saturated heterocycles. The molecule has 0 atom stereocenters. The number of imidazole rings is 1. The summed E-state index contributed by atoms with van der Waals surface area (Å²) in [6.07, 6.45) is 2.98. The van der Waals surface area contributed by atoms with Gasteiger partial charge < -0.3 is 14.4 Å². The summed E-state index contributed by atoms with van der Waals surface area (Å²) < 4.78 is 8.71. The van der Waals surface area contributed by atoms with E-state index >= 15 is 0 Å². The fourth-order valence-electron chi connectivity index (χ4n) is 2.87. The zero-order valence-corrected chi connectivity index (χ0v) is 16.4. The van der Waals surface area contributed by atoms with Crippen LogP contribution in [-0.2, 0) is 22.5 Å². The largest absolute Gasteiger partial charge is 1.00 e. The van der Waals surface area contributed by atoms with Gasteiger partial charge in [0.25, 0.3) is 0 Å². The number of aromatic nitrogens is 3. The SMILES string of the molecule is CCn1c(C)nc2cc3ccn(CCCSOO[O-])c3cc21.[Na+]. The van der Waals surface area contributed by atoms with Gasteiger partial charge in [-0.25, -0.2) is 4.98 Å². The van der Waals surface area contributed by atoms with Crippen LogP contribution in [0.15, 0.2) is 24.4 Å². The molecule has 23 heavy (non-hydrogen) atoms. The summed E-state index contributed by atoms with van der Waals surface area (Å²) in [5, 5.41) is 14.2. The van der Waals surface area contributed by atoms with Gasteiger partial charge in [0, 0.05) is 42.5 Å². The maximum Gasteiger partial charge on any atom is 1.00 e. The molecule has 3 aromatic rings. The first-order valence-electron chi connectivity index (χ1n) is 7.28. The van der Waals surface area contributed by atoms with Gasteiger partial charge in [0.2, 0.25) is 0 Å². The van der Waals surface area contributed by atoms with Crippen LogP contribution in [0.5, 0.6) is 0 Å². The molecule has 8 heteroatoms. The molecule has 3 rings (SSSR count). The second-order valence-electron chi connectivity index (χ2n) is 5.12. The van der Waals surface area contributed by atoms with Crippen LogP contribution >= 0.6 is 12.0 Å². The predicted molar refractivity (Wildman–Crippen MR) is 84.9 cm³/mol. The molecule has 118 valence electrons. The van der Waals surface area contributed by atoms with E-state index in [1.165, 1.54) is 16.4 Å². The number of nitrogens with zero attached hydrogens (tertiary/aromatic N) is 3. The Bertz CT molecular complexity index is 787. The number of benzene rings is 1. The molecule has 6 nitrogen and oxygen atoms in total. The quantitative estimate of drug-likeness (QED) is 0.192. The Kier molecular flexibility index (Phi) is 6.97. The third-order valence-electron chi connectivity index (χ3n) is 3.85. The first kappa shape index (κ1) is 18.8. The van der Waals surface area contributed by atoms with E-state index in [1.54, 1.807) is 0 Å². The van der Waals surface area contributed by atoms with Gasteiger partial charge >= 0.3 is 29.6 Å². The van der Waals surface area contributed by atoms with Crippen LogP contribution in [0.25, 0.3) is 21.9 Å². The molecular weight excluding hydrogens is 325 g/mol. The van der Waals surface area contributed by atoms with Crippen molar-refractivity contribution in [3.05, 3.63) is 30.2 Å². The summed E-state index contributed by atoms with van der Waals surface area (Å²) in [5.41, 5.74) is 3.42. The van der Waals surface area contributed by atoms with E-state index in [4.69, 9.17) is 0 Å². The zero-order chi connectivity index (χ0) is 15.5. The predicted octanol–water partition coefficient (Wildman–Crippen LogP) is -0.415. The monoisotopic (exact) mass is 343 g/mol. The van der Waals surface area contributed by atoms with E-state index in [-0.39, 0.29) is 29.6 Å². The zero-order valence-electron chi connectivity index (χ0n) is 13.6. The molecule has 0 N–H and O–H groups in total. The normalized spacial score (nSPS) is 11.3. The van der Waals surface area contributed by atoms with Crippen molar-refractivity contribution in [3.8, 4) is 0 Å². The average Bonchev–Trinajstić information content (AvgIpc) is 3.04. The molecule has 2 aromatic heterocycles. The maximum absolute atomic E-state index is 9.73. The molecule has 0 radical (unpaired) electrons. The number of hydrogen-bond donors (Lipinski definition) is 0. The van der Waals surface area contributed by atoms with Gasteiger partial charge in [-0.05, 0) is 38.5 Å². The van der Waals surface area contributed by atoms with E-state index in [2.05, 4.69) is 54.8 Å². The Balaban J connectivity index is 0.00000192. The molecular formula is C15H18N3NaO3S. The Morgan fingerprint density at radius 1 is 1.30 bits per heavy atom. The van der Waals surface area contributed by atoms with Crippen molar-refractivity contribution >= 4 is 34.0 Å². The Morgan fingerprint density at radius 2 is 2.13 bits per heavy atom. The van der Waals surface area contributed by atoms with Crippen LogP contribution in [0.4, 0.5) is 0 Å². The second kappa shape index (κ2) is 8.53. The summed E-state index contributed by atoms with van der Waals surface area (Å²) in [7, 11) is 0. The fourth-order valence-corrected chi connectivity index (χ4v) is 3.23. The van der Waals surface area contributed by atoms with Crippen molar-refractivity contribution in [2.24, 2.45) is 0 Å². The van der Waals surface area contributed by atoms with Crippen LogP contribution in [0.2, 0.25) is 0 Å². The number of rotatable bonds is 7. The first-order chi connectivity index (χ1) is 10.7. The molecule has 1 aromatic carbocycles. The maximum atomic E-state index is 9.73. The minimum absolute atomic E-state index is 0. The molecule has 0 spiro atoms. The van der Waals surface area contributed by atoms with Gasteiger partial charge in [-0.2, -0.15) is 4.33 Å². The molecule has 0 bridgehead atoms. The van der Waals surface area contributed by atoms with Crippen molar-refractivity contribution in [2.45, 2.75) is 33.4 Å². The minimum Gasteiger partial charge on any atom is -0.691 e. The van der Waals surface area contributed by atoms with Crippen molar-refractivity contribution in [3.63, 3.8) is 0 Å². The third kappa shape index (κ3) is 3.93. The molecule has 0 aliphatic heterocycles. The number of hydrogen-bond acceptors (Lipinski definition) is 5. The Labute approximate surface area is 161 Å². The molecule has 0 aliphatic carbocycles. The van der Waals surface area contributed by atoms with Crippen LogP contribution in [0.3, 0.4) is 0 Å². The van der Waals surface area contributed by atoms with E-state index in [9.17, 15) is 5.26 Å². The van der Waals surface area contributed by atoms with Gasteiger partial charge in [-0.15, -0.1) is 0 Å².